The van der Waals surface area contributed by atoms with E-state index in [1.807, 2.05) is 54.9 Å². The number of hydrogen-bond donors (Lipinski definition) is 1. The molecule has 23 heavy (non-hydrogen) atoms. The maximum atomic E-state index is 5.74. The zero-order chi connectivity index (χ0) is 16.2. The molecule has 0 fully saturated rings. The molecule has 4 nitrogen and oxygen atoms in total. The molecule has 0 amide bonds. The second kappa shape index (κ2) is 6.40. The first-order chi connectivity index (χ1) is 11.2. The van der Waals surface area contributed by atoms with E-state index in [-0.39, 0.29) is 0 Å². The Bertz CT molecular complexity index is 814. The minimum absolute atomic E-state index is 0.697. The monoisotopic (exact) mass is 306 g/mol. The summed E-state index contributed by atoms with van der Waals surface area (Å²) in [6.07, 6.45) is 3.68. The maximum Gasteiger partial charge on any atom is 0.161 e. The van der Waals surface area contributed by atoms with Gasteiger partial charge in [0.1, 0.15) is 0 Å². The topological polar surface area (TPSA) is 57.4 Å². The highest BCUT2D eigenvalue weighted by molar-refractivity contribution is 5.73. The van der Waals surface area contributed by atoms with Crippen LogP contribution >= 0.6 is 0 Å². The van der Waals surface area contributed by atoms with Crippen molar-refractivity contribution >= 4 is 5.69 Å². The van der Waals surface area contributed by atoms with Crippen LogP contribution in [0, 0.1) is 0 Å². The summed E-state index contributed by atoms with van der Waals surface area (Å²) < 4.78 is 10.6. The third-order valence-corrected chi connectivity index (χ3v) is 3.70. The molecule has 0 aliphatic rings. The Morgan fingerprint density at radius 3 is 1.96 bits per heavy atom. The molecule has 0 saturated carbocycles. The third-order valence-electron chi connectivity index (χ3n) is 3.70. The fraction of sp³-hybridized carbons (Fsp3) is 0.105. The van der Waals surface area contributed by atoms with Crippen LogP contribution < -0.4 is 15.2 Å². The second-order valence-electron chi connectivity index (χ2n) is 5.15. The van der Waals surface area contributed by atoms with Gasteiger partial charge in [0, 0.05) is 29.2 Å². The summed E-state index contributed by atoms with van der Waals surface area (Å²) >= 11 is 0. The lowest BCUT2D eigenvalue weighted by Crippen LogP contribution is -1.91. The van der Waals surface area contributed by atoms with Gasteiger partial charge in [-0.3, -0.25) is 4.98 Å². The molecule has 0 atom stereocenters. The molecule has 0 radical (unpaired) electrons. The maximum absolute atomic E-state index is 5.74. The highest BCUT2D eigenvalue weighted by Crippen LogP contribution is 2.33. The third kappa shape index (κ3) is 3.11. The minimum atomic E-state index is 0.697. The van der Waals surface area contributed by atoms with E-state index in [4.69, 9.17) is 15.2 Å². The quantitative estimate of drug-likeness (QED) is 0.740. The van der Waals surface area contributed by atoms with Crippen LogP contribution in [0.25, 0.3) is 22.3 Å². The molecule has 0 aliphatic heterocycles. The van der Waals surface area contributed by atoms with Crippen LogP contribution in [-0.4, -0.2) is 19.2 Å². The van der Waals surface area contributed by atoms with E-state index in [2.05, 4.69) is 11.1 Å². The van der Waals surface area contributed by atoms with Gasteiger partial charge in [-0.05, 0) is 41.5 Å². The number of nitrogen functional groups attached to an aromatic ring is 1. The molecule has 1 heterocycles. The summed E-state index contributed by atoms with van der Waals surface area (Å²) in [7, 11) is 3.26. The SMILES string of the molecule is COc1ccc(-c2cncc(-c3ccc(N)cc3)c2)cc1OC. The van der Waals surface area contributed by atoms with Crippen molar-refractivity contribution in [3.05, 3.63) is 60.9 Å². The van der Waals surface area contributed by atoms with E-state index in [1.165, 1.54) is 0 Å². The van der Waals surface area contributed by atoms with E-state index >= 15 is 0 Å². The van der Waals surface area contributed by atoms with Gasteiger partial charge in [-0.1, -0.05) is 18.2 Å². The van der Waals surface area contributed by atoms with Crippen LogP contribution in [-0.2, 0) is 0 Å². The summed E-state index contributed by atoms with van der Waals surface area (Å²) in [5.74, 6) is 1.40. The number of ether oxygens (including phenoxy) is 2. The molecule has 116 valence electrons. The largest absolute Gasteiger partial charge is 0.493 e. The average Bonchev–Trinajstić information content (AvgIpc) is 2.62. The number of anilines is 1. The molecule has 0 unspecified atom stereocenters. The lowest BCUT2D eigenvalue weighted by atomic mass is 10.0. The van der Waals surface area contributed by atoms with Crippen molar-refractivity contribution in [1.82, 2.24) is 4.98 Å². The molecule has 0 saturated heterocycles. The van der Waals surface area contributed by atoms with E-state index < -0.39 is 0 Å². The molecule has 2 aromatic carbocycles. The van der Waals surface area contributed by atoms with Crippen LogP contribution in [0.3, 0.4) is 0 Å². The lowest BCUT2D eigenvalue weighted by Gasteiger charge is -2.10. The molecule has 4 heteroatoms. The Morgan fingerprint density at radius 1 is 0.696 bits per heavy atom. The number of benzene rings is 2. The molecular weight excluding hydrogens is 288 g/mol. The van der Waals surface area contributed by atoms with Gasteiger partial charge >= 0.3 is 0 Å². The van der Waals surface area contributed by atoms with Gasteiger partial charge in [-0.2, -0.15) is 0 Å². The van der Waals surface area contributed by atoms with Crippen molar-refractivity contribution in [2.45, 2.75) is 0 Å². The van der Waals surface area contributed by atoms with Crippen molar-refractivity contribution < 1.29 is 9.47 Å². The van der Waals surface area contributed by atoms with Gasteiger partial charge in [0.05, 0.1) is 14.2 Å². The van der Waals surface area contributed by atoms with Crippen molar-refractivity contribution in [2.75, 3.05) is 20.0 Å². The highest BCUT2D eigenvalue weighted by atomic mass is 16.5. The van der Waals surface area contributed by atoms with Gasteiger partial charge in [0.15, 0.2) is 11.5 Å². The highest BCUT2D eigenvalue weighted by Gasteiger charge is 2.07. The number of nitrogens with two attached hydrogens (primary N) is 1. The van der Waals surface area contributed by atoms with Crippen LogP contribution in [0.1, 0.15) is 0 Å². The summed E-state index contributed by atoms with van der Waals surface area (Å²) in [4.78, 5) is 4.35. The fourth-order valence-electron chi connectivity index (χ4n) is 2.45. The van der Waals surface area contributed by atoms with Gasteiger partial charge in [-0.15, -0.1) is 0 Å². The first-order valence-corrected chi connectivity index (χ1v) is 7.24. The normalized spacial score (nSPS) is 10.3. The van der Waals surface area contributed by atoms with Crippen molar-refractivity contribution in [2.24, 2.45) is 0 Å². The number of rotatable bonds is 4. The molecule has 0 spiro atoms. The molecule has 0 aliphatic carbocycles. The second-order valence-corrected chi connectivity index (χ2v) is 5.15. The summed E-state index contributed by atoms with van der Waals surface area (Å²) in [5.41, 5.74) is 10.6. The zero-order valence-corrected chi connectivity index (χ0v) is 13.1. The predicted molar refractivity (Wildman–Crippen MR) is 92.6 cm³/mol. The van der Waals surface area contributed by atoms with Crippen molar-refractivity contribution in [1.29, 1.82) is 0 Å². The summed E-state index contributed by atoms with van der Waals surface area (Å²) in [6, 6.07) is 15.7. The van der Waals surface area contributed by atoms with E-state index in [0.29, 0.717) is 11.5 Å². The lowest BCUT2D eigenvalue weighted by molar-refractivity contribution is 0.355. The summed E-state index contributed by atoms with van der Waals surface area (Å²) in [5, 5.41) is 0. The Balaban J connectivity index is 2.01. The number of methoxy groups -OCH3 is 2. The predicted octanol–water partition coefficient (Wildman–Crippen LogP) is 4.02. The van der Waals surface area contributed by atoms with Crippen LogP contribution in [0.4, 0.5) is 5.69 Å². The first-order valence-electron chi connectivity index (χ1n) is 7.24. The Kier molecular flexibility index (Phi) is 4.15. The molecule has 2 N–H and O–H groups in total. The number of pyridine rings is 1. The van der Waals surface area contributed by atoms with Gasteiger partial charge in [0.2, 0.25) is 0 Å². The number of hydrogen-bond acceptors (Lipinski definition) is 4. The Hall–Kier alpha value is -3.01. The molecule has 3 rings (SSSR count). The molecule has 1 aromatic heterocycles. The molecule has 3 aromatic rings. The van der Waals surface area contributed by atoms with E-state index in [1.54, 1.807) is 14.2 Å². The van der Waals surface area contributed by atoms with E-state index in [0.717, 1.165) is 27.9 Å². The number of aromatic nitrogens is 1. The van der Waals surface area contributed by atoms with Crippen molar-refractivity contribution in [3.63, 3.8) is 0 Å². The van der Waals surface area contributed by atoms with Crippen LogP contribution in [0.2, 0.25) is 0 Å². The number of nitrogens with zero attached hydrogens (tertiary/aromatic N) is 1. The van der Waals surface area contributed by atoms with Gasteiger partial charge in [-0.25, -0.2) is 0 Å². The van der Waals surface area contributed by atoms with Crippen LogP contribution in [0.15, 0.2) is 60.9 Å². The van der Waals surface area contributed by atoms with Gasteiger partial charge < -0.3 is 15.2 Å². The van der Waals surface area contributed by atoms with Crippen molar-refractivity contribution in [3.8, 4) is 33.8 Å². The smallest absolute Gasteiger partial charge is 0.161 e. The van der Waals surface area contributed by atoms with Crippen LogP contribution in [0.5, 0.6) is 11.5 Å². The summed E-state index contributed by atoms with van der Waals surface area (Å²) in [6.45, 7) is 0. The minimum Gasteiger partial charge on any atom is -0.493 e. The average molecular weight is 306 g/mol. The first kappa shape index (κ1) is 14.9. The van der Waals surface area contributed by atoms with Gasteiger partial charge in [0.25, 0.3) is 0 Å². The Morgan fingerprint density at radius 2 is 1.30 bits per heavy atom. The standard InChI is InChI=1S/C19H18N2O2/c1-22-18-8-5-14(10-19(18)23-2)16-9-15(11-21-12-16)13-3-6-17(20)7-4-13/h3-12H,20H2,1-2H3. The molecule has 0 bridgehead atoms. The Labute approximate surface area is 135 Å². The zero-order valence-electron chi connectivity index (χ0n) is 13.1. The molecular formula is C19H18N2O2. The van der Waals surface area contributed by atoms with E-state index in [9.17, 15) is 0 Å². The fourth-order valence-corrected chi connectivity index (χ4v) is 2.45.